The van der Waals surface area contributed by atoms with Crippen molar-refractivity contribution >= 4 is 11.8 Å². The van der Waals surface area contributed by atoms with Gasteiger partial charge in [-0.1, -0.05) is 0 Å². The maximum absolute atomic E-state index is 11.4. The molecule has 1 saturated heterocycles. The number of rotatable bonds is 3. The molecule has 1 aromatic heterocycles. The molecule has 7 heteroatoms. The minimum atomic E-state index is -0.508. The van der Waals surface area contributed by atoms with Crippen molar-refractivity contribution in [1.82, 2.24) is 9.97 Å². The fourth-order valence-corrected chi connectivity index (χ4v) is 2.94. The molecule has 0 bridgehead atoms. The van der Waals surface area contributed by atoms with Crippen LogP contribution < -0.4 is 11.1 Å². The van der Waals surface area contributed by atoms with E-state index >= 15 is 0 Å². The predicted molar refractivity (Wildman–Crippen MR) is 71.2 cm³/mol. The van der Waals surface area contributed by atoms with Gasteiger partial charge >= 0.3 is 5.97 Å². The topological polar surface area (TPSA) is 99.4 Å². The number of methoxy groups -OCH3 is 1. The Morgan fingerprint density at radius 2 is 2.40 bits per heavy atom. The van der Waals surface area contributed by atoms with Gasteiger partial charge in [0.15, 0.2) is 5.69 Å². The first kappa shape index (κ1) is 13.3. The fourth-order valence-electron chi connectivity index (χ4n) is 2.94. The molecule has 0 amide bonds. The van der Waals surface area contributed by atoms with Crippen molar-refractivity contribution in [2.45, 2.75) is 31.0 Å². The first-order chi connectivity index (χ1) is 9.70. The highest BCUT2D eigenvalue weighted by Gasteiger charge is 2.50. The van der Waals surface area contributed by atoms with E-state index in [0.717, 1.165) is 19.4 Å². The summed E-state index contributed by atoms with van der Waals surface area (Å²) in [5, 5.41) is 3.22. The number of nitrogens with zero attached hydrogens (tertiary/aromatic N) is 2. The number of esters is 1. The number of fused-ring (bicyclic) bond motifs is 1. The van der Waals surface area contributed by atoms with Gasteiger partial charge in [0.1, 0.15) is 5.82 Å². The Bertz CT molecular complexity index is 510. The fraction of sp³-hybridized carbons (Fsp3) is 0.615. The average molecular weight is 278 g/mol. The second kappa shape index (κ2) is 5.34. The molecule has 1 aromatic rings. The molecule has 2 fully saturated rings. The molecule has 20 heavy (non-hydrogen) atoms. The lowest BCUT2D eigenvalue weighted by Crippen LogP contribution is -2.69. The lowest BCUT2D eigenvalue weighted by Gasteiger charge is -2.52. The lowest BCUT2D eigenvalue weighted by molar-refractivity contribution is -0.104. The van der Waals surface area contributed by atoms with Crippen LogP contribution in [0.2, 0.25) is 0 Å². The number of carbonyl (C=O) groups is 1. The van der Waals surface area contributed by atoms with E-state index in [9.17, 15) is 4.79 Å². The molecule has 3 N–H and O–H groups in total. The maximum Gasteiger partial charge on any atom is 0.358 e. The lowest BCUT2D eigenvalue weighted by atomic mass is 9.69. The molecule has 1 aliphatic carbocycles. The van der Waals surface area contributed by atoms with Crippen molar-refractivity contribution in [3.8, 4) is 0 Å². The summed E-state index contributed by atoms with van der Waals surface area (Å²) in [5.41, 5.74) is 6.34. The number of ether oxygens (including phenoxy) is 2. The van der Waals surface area contributed by atoms with Crippen LogP contribution in [0.3, 0.4) is 0 Å². The summed E-state index contributed by atoms with van der Waals surface area (Å²) in [5.74, 6) is 0.421. The molecule has 0 radical (unpaired) electrons. The van der Waals surface area contributed by atoms with E-state index in [2.05, 4.69) is 20.0 Å². The van der Waals surface area contributed by atoms with E-state index in [0.29, 0.717) is 11.7 Å². The molecular formula is C13H18N4O3. The Balaban J connectivity index is 1.70. The quantitative estimate of drug-likeness (QED) is 0.761. The summed E-state index contributed by atoms with van der Waals surface area (Å²) in [6.45, 7) is 0.778. The minimum absolute atomic E-state index is 0.0162. The van der Waals surface area contributed by atoms with Gasteiger partial charge < -0.3 is 20.5 Å². The number of aromatic nitrogens is 2. The Labute approximate surface area is 116 Å². The highest BCUT2D eigenvalue weighted by molar-refractivity contribution is 5.87. The third kappa shape index (κ3) is 2.23. The number of nitrogens with one attached hydrogen (secondary N) is 1. The Morgan fingerprint density at radius 3 is 3.20 bits per heavy atom. The standard InChI is InChI=1S/C13H18N4O3/c1-19-13(18)8-5-15-6-9(16-8)17-11-10(14)7-3-2-4-20-12(7)11/h5-7,10-12H,2-4,14H2,1H3,(H,16,17). The Morgan fingerprint density at radius 1 is 1.55 bits per heavy atom. The molecule has 4 atom stereocenters. The number of carbonyl (C=O) groups excluding carboxylic acids is 1. The van der Waals surface area contributed by atoms with Gasteiger partial charge in [0.05, 0.1) is 31.6 Å². The van der Waals surface area contributed by atoms with E-state index in [1.807, 2.05) is 0 Å². The van der Waals surface area contributed by atoms with Gasteiger partial charge in [-0.25, -0.2) is 9.78 Å². The molecule has 0 spiro atoms. The third-order valence-electron chi connectivity index (χ3n) is 4.02. The second-order valence-electron chi connectivity index (χ2n) is 5.17. The summed E-state index contributed by atoms with van der Waals surface area (Å²) in [4.78, 5) is 19.6. The summed E-state index contributed by atoms with van der Waals surface area (Å²) in [6, 6.07) is 0.0615. The summed E-state index contributed by atoms with van der Waals surface area (Å²) in [7, 11) is 1.31. The van der Waals surface area contributed by atoms with Crippen LogP contribution in [-0.4, -0.2) is 47.8 Å². The summed E-state index contributed by atoms with van der Waals surface area (Å²) in [6.07, 6.45) is 5.24. The van der Waals surface area contributed by atoms with Gasteiger partial charge in [-0.2, -0.15) is 0 Å². The third-order valence-corrected chi connectivity index (χ3v) is 4.02. The Kier molecular flexibility index (Phi) is 3.54. The summed E-state index contributed by atoms with van der Waals surface area (Å²) >= 11 is 0. The molecular weight excluding hydrogens is 260 g/mol. The van der Waals surface area contributed by atoms with Crippen molar-refractivity contribution in [1.29, 1.82) is 0 Å². The molecule has 1 saturated carbocycles. The van der Waals surface area contributed by atoms with Crippen LogP contribution in [-0.2, 0) is 9.47 Å². The number of hydrogen-bond donors (Lipinski definition) is 2. The zero-order valence-corrected chi connectivity index (χ0v) is 11.3. The molecule has 2 heterocycles. The molecule has 7 nitrogen and oxygen atoms in total. The van der Waals surface area contributed by atoms with Gasteiger partial charge in [-0.15, -0.1) is 0 Å². The molecule has 0 aromatic carbocycles. The van der Waals surface area contributed by atoms with Crippen LogP contribution in [0.15, 0.2) is 12.4 Å². The SMILES string of the molecule is COC(=O)c1cncc(NC2C(N)C3CCCOC32)n1. The van der Waals surface area contributed by atoms with Gasteiger partial charge in [-0.3, -0.25) is 4.98 Å². The Hall–Kier alpha value is -1.73. The zero-order chi connectivity index (χ0) is 14.1. The van der Waals surface area contributed by atoms with Crippen LogP contribution in [0.1, 0.15) is 23.3 Å². The molecule has 108 valence electrons. The van der Waals surface area contributed by atoms with Crippen molar-refractivity contribution < 1.29 is 14.3 Å². The van der Waals surface area contributed by atoms with E-state index in [1.54, 1.807) is 6.20 Å². The number of hydrogen-bond acceptors (Lipinski definition) is 7. The van der Waals surface area contributed by atoms with Crippen molar-refractivity contribution in [3.05, 3.63) is 18.1 Å². The van der Waals surface area contributed by atoms with Crippen LogP contribution in [0, 0.1) is 5.92 Å². The van der Waals surface area contributed by atoms with Gasteiger partial charge in [-0.05, 0) is 12.8 Å². The van der Waals surface area contributed by atoms with Crippen LogP contribution >= 0.6 is 0 Å². The van der Waals surface area contributed by atoms with Crippen molar-refractivity contribution in [2.24, 2.45) is 11.7 Å². The largest absolute Gasteiger partial charge is 0.464 e. The van der Waals surface area contributed by atoms with Gasteiger partial charge in [0, 0.05) is 18.6 Å². The first-order valence-electron chi connectivity index (χ1n) is 6.75. The van der Waals surface area contributed by atoms with E-state index in [1.165, 1.54) is 13.3 Å². The second-order valence-corrected chi connectivity index (χ2v) is 5.17. The van der Waals surface area contributed by atoms with Crippen LogP contribution in [0.4, 0.5) is 5.82 Å². The van der Waals surface area contributed by atoms with Crippen LogP contribution in [0.25, 0.3) is 0 Å². The monoisotopic (exact) mass is 278 g/mol. The van der Waals surface area contributed by atoms with Gasteiger partial charge in [0.25, 0.3) is 0 Å². The van der Waals surface area contributed by atoms with Gasteiger partial charge in [0.2, 0.25) is 0 Å². The van der Waals surface area contributed by atoms with Crippen LogP contribution in [0.5, 0.6) is 0 Å². The van der Waals surface area contributed by atoms with Crippen molar-refractivity contribution in [2.75, 3.05) is 19.0 Å². The normalized spacial score (nSPS) is 31.9. The van der Waals surface area contributed by atoms with E-state index < -0.39 is 5.97 Å². The molecule has 1 aliphatic heterocycles. The van der Waals surface area contributed by atoms with E-state index in [4.69, 9.17) is 10.5 Å². The number of anilines is 1. The highest BCUT2D eigenvalue weighted by Crippen LogP contribution is 2.38. The number of nitrogens with two attached hydrogens (primary N) is 1. The first-order valence-corrected chi connectivity index (χ1v) is 6.75. The molecule has 3 rings (SSSR count). The summed E-state index contributed by atoms with van der Waals surface area (Å²) < 4.78 is 10.4. The average Bonchev–Trinajstić information content (AvgIpc) is 2.51. The molecule has 4 unspecified atom stereocenters. The van der Waals surface area contributed by atoms with E-state index in [-0.39, 0.29) is 23.9 Å². The molecule has 2 aliphatic rings. The smallest absolute Gasteiger partial charge is 0.358 e. The maximum atomic E-state index is 11.4. The minimum Gasteiger partial charge on any atom is -0.464 e. The van der Waals surface area contributed by atoms with Crippen molar-refractivity contribution in [3.63, 3.8) is 0 Å². The highest BCUT2D eigenvalue weighted by atomic mass is 16.5. The predicted octanol–water partition coefficient (Wildman–Crippen LogP) is 0.180. The zero-order valence-electron chi connectivity index (χ0n) is 11.3.